The minimum Gasteiger partial charge on any atom is -0.485 e. The second kappa shape index (κ2) is 41.5. The fourth-order valence-electron chi connectivity index (χ4n) is 21.6. The van der Waals surface area contributed by atoms with Gasteiger partial charge in [0.15, 0.2) is 17.1 Å². The average Bonchev–Trinajstić information content (AvgIpc) is 1.21. The number of carbonyl (C=O) groups is 6. The Labute approximate surface area is 835 Å². The molecule has 0 spiro atoms. The number of carbonyl (C=O) groups excluding carboxylic acids is 6. The number of fused-ring (bicyclic) bond motifs is 6. The number of benzene rings is 6. The number of amides is 6. The van der Waals surface area contributed by atoms with E-state index in [2.05, 4.69) is 32.7 Å². The third-order valence-electron chi connectivity index (χ3n) is 28.1. The van der Waals surface area contributed by atoms with Crippen molar-refractivity contribution in [2.75, 3.05) is 78.9 Å². The van der Waals surface area contributed by atoms with Gasteiger partial charge in [-0.25, -0.2) is 28.2 Å². The number of hydrogen-bond acceptors (Lipinski definition) is 27. The van der Waals surface area contributed by atoms with Crippen LogP contribution in [0.2, 0.25) is 0 Å². The summed E-state index contributed by atoms with van der Waals surface area (Å²) in [6, 6.07) is 32.3. The van der Waals surface area contributed by atoms with Crippen LogP contribution in [0.3, 0.4) is 0 Å². The van der Waals surface area contributed by atoms with Crippen molar-refractivity contribution in [1.29, 1.82) is 15.8 Å². The van der Waals surface area contributed by atoms with E-state index in [1.165, 1.54) is 0 Å². The monoisotopic (exact) mass is 2030 g/mol. The third kappa shape index (κ3) is 21.8. The first-order chi connectivity index (χ1) is 68.2. The highest BCUT2D eigenvalue weighted by Crippen LogP contribution is 2.60. The van der Waals surface area contributed by atoms with Gasteiger partial charge in [0.05, 0.1) is 131 Å². The number of phosphoric acid groups is 3. The molecule has 39 nitrogen and oxygen atoms in total. The van der Waals surface area contributed by atoms with Gasteiger partial charge in [0.1, 0.15) is 105 Å². The highest BCUT2D eigenvalue weighted by molar-refractivity contribution is 7.48. The van der Waals surface area contributed by atoms with Crippen molar-refractivity contribution < 1.29 is 127 Å². The van der Waals surface area contributed by atoms with Crippen molar-refractivity contribution in [3.63, 3.8) is 0 Å². The van der Waals surface area contributed by atoms with Gasteiger partial charge in [-0.1, -0.05) is 18.2 Å². The van der Waals surface area contributed by atoms with E-state index in [1.807, 2.05) is 41.5 Å². The van der Waals surface area contributed by atoms with Gasteiger partial charge in [0, 0.05) is 111 Å². The van der Waals surface area contributed by atoms with Gasteiger partial charge in [-0.2, -0.15) is 15.8 Å². The van der Waals surface area contributed by atoms with Gasteiger partial charge < -0.3 is 86.7 Å². The summed E-state index contributed by atoms with van der Waals surface area (Å²) >= 11 is 0. The number of likely N-dealkylation sites (tertiary alicyclic amines) is 6. The van der Waals surface area contributed by atoms with Crippen LogP contribution in [-0.4, -0.2) is 229 Å². The van der Waals surface area contributed by atoms with Crippen molar-refractivity contribution in [3.8, 4) is 52.7 Å². The van der Waals surface area contributed by atoms with Crippen LogP contribution in [0.25, 0.3) is 14.5 Å². The molecule has 0 aromatic heterocycles. The molecule has 12 heterocycles. The molecule has 42 heteroatoms. The summed E-state index contributed by atoms with van der Waals surface area (Å²) in [6.07, 6.45) is 0.709. The molecule has 0 radical (unpaired) electrons. The molecule has 3 unspecified atom stereocenters. The molecule has 15 atom stereocenters. The Morgan fingerprint density at radius 2 is 0.500 bits per heavy atom. The van der Waals surface area contributed by atoms with Crippen LogP contribution in [0.5, 0.6) is 34.5 Å². The van der Waals surface area contributed by atoms with E-state index in [4.69, 9.17) is 89.5 Å². The first kappa shape index (κ1) is 105. The first-order valence-corrected chi connectivity index (χ1v) is 52.6. The van der Waals surface area contributed by atoms with Crippen molar-refractivity contribution >= 4 is 76.0 Å². The largest absolute Gasteiger partial charge is 0.485 e. The SMILES string of the molecule is [C-]#[N+]c1ccc2c(c1)[C@@H](N1CCCC1=O)[C@H](OCCOP(=O)(O)O[C@H]1[C@H](N3CCCC3=O)c3cc(C#N)ccc3OC1(C)C)C(C)(C)O2.[C-]#[N+]c1ccc2c(c1)[C@@H](N1CCCC1=O)[C@H](OCCOP(=O)(O)O[C@H]1[C@H](N3CCCC3=O)c3cc(C#N)ccc3OC1(C)C)C(C)(C)O2.[C-]#[N+]c1ccc2c(c1)[C@@H](N1CCCC1=O)[C@H](OCCOP(=O)(O)O[C@H]1[C@H](N3CCCC3=O)c3cc(C#N)ccc3OC1(C)C)C(C)(C)O2. The summed E-state index contributed by atoms with van der Waals surface area (Å²) < 4.78 is 131. The first-order valence-electron chi connectivity index (χ1n) is 48.1. The molecule has 6 aromatic carbocycles. The van der Waals surface area contributed by atoms with Crippen LogP contribution in [-0.2, 0) is 83.8 Å². The molecule has 6 fully saturated rings. The topological polar surface area (TPSA) is 457 Å². The number of phosphoric ester groups is 3. The molecule has 6 amide bonds. The van der Waals surface area contributed by atoms with Crippen LogP contribution < -0.4 is 28.4 Å². The number of ether oxygens (including phenoxy) is 9. The molecule has 0 aliphatic carbocycles. The van der Waals surface area contributed by atoms with Crippen LogP contribution in [0.4, 0.5) is 17.1 Å². The van der Waals surface area contributed by atoms with E-state index in [9.17, 15) is 72.9 Å². The second-order valence-electron chi connectivity index (χ2n) is 40.5. The van der Waals surface area contributed by atoms with Crippen LogP contribution in [0.1, 0.15) is 246 Å². The van der Waals surface area contributed by atoms with Gasteiger partial charge >= 0.3 is 23.5 Å². The number of nitrogens with zero attached hydrogens (tertiary/aromatic N) is 12. The lowest BCUT2D eigenvalue weighted by atomic mass is 9.85. The zero-order valence-electron chi connectivity index (χ0n) is 82.1. The maximum atomic E-state index is 13.5. The molecule has 3 N–H and O–H groups in total. The summed E-state index contributed by atoms with van der Waals surface area (Å²) in [5.74, 6) is 2.60. The van der Waals surface area contributed by atoms with Gasteiger partial charge in [0.25, 0.3) is 0 Å². The zero-order chi connectivity index (χ0) is 103. The standard InChI is InChI=1S/3C34H39N4O9P/c3*1-33(2)31(29(37-14-6-8-27(37)39)24-19-22(36-5)11-13-26(24)45-33)43-16-17-44-48(41,42)47-32-30(38-15-7-9-28(38)40)23-18-21(20-35)10-12-25(23)46-34(32,3)4/h3*10-13,18-19,29-32H,6-9,14-17H2,1-4H3,(H,41,42)/t3*29-,30-,31+,32+/m111/s1. The maximum absolute atomic E-state index is 13.5. The summed E-state index contributed by atoms with van der Waals surface area (Å²) in [5, 5.41) is 28.6. The molecular formula is C102H117N12O27P3. The van der Waals surface area contributed by atoms with E-state index < -0.39 is 130 Å². The number of nitriles is 3. The highest BCUT2D eigenvalue weighted by atomic mass is 31.2. The molecular weight excluding hydrogens is 1920 g/mol. The lowest BCUT2D eigenvalue weighted by Gasteiger charge is -2.47. The minimum atomic E-state index is -4.77. The Kier molecular flexibility index (Phi) is 30.3. The molecule has 12 aliphatic heterocycles. The highest BCUT2D eigenvalue weighted by Gasteiger charge is 2.59. The molecule has 6 saturated heterocycles. The Morgan fingerprint density at radius 3 is 0.688 bits per heavy atom. The van der Waals surface area contributed by atoms with E-state index in [0.717, 1.165) is 0 Å². The summed E-state index contributed by atoms with van der Waals surface area (Å²) in [6.45, 7) is 45.2. The lowest BCUT2D eigenvalue weighted by molar-refractivity contribution is -0.151. The van der Waals surface area contributed by atoms with Gasteiger partial charge in [0.2, 0.25) is 35.4 Å². The van der Waals surface area contributed by atoms with E-state index >= 15 is 0 Å². The van der Waals surface area contributed by atoms with Crippen molar-refractivity contribution in [3.05, 3.63) is 194 Å². The van der Waals surface area contributed by atoms with Crippen molar-refractivity contribution in [1.82, 2.24) is 29.4 Å². The summed E-state index contributed by atoms with van der Waals surface area (Å²) in [4.78, 5) is 132. The number of hydrogen-bond donors (Lipinski definition) is 3. The fraction of sp³-hybridized carbons (Fsp3) is 0.529. The van der Waals surface area contributed by atoms with Gasteiger partial charge in [-0.3, -0.25) is 55.9 Å². The lowest BCUT2D eigenvalue weighted by Crippen LogP contribution is -2.55. The van der Waals surface area contributed by atoms with Gasteiger partial charge in [-0.05, 0) is 213 Å². The Balaban J connectivity index is 0.000000155. The zero-order valence-corrected chi connectivity index (χ0v) is 84.8. The van der Waals surface area contributed by atoms with Crippen LogP contribution in [0.15, 0.2) is 109 Å². The molecule has 762 valence electrons. The molecule has 0 bridgehead atoms. The molecule has 18 rings (SSSR count). The quantitative estimate of drug-likeness (QED) is 0.0245. The summed E-state index contributed by atoms with van der Waals surface area (Å²) in [7, 11) is -14.3. The molecule has 12 aliphatic rings. The third-order valence-corrected chi connectivity index (χ3v) is 31.1. The second-order valence-corrected chi connectivity index (χ2v) is 44.7. The normalized spacial score (nSPS) is 26.8. The Hall–Kier alpha value is -11.9. The smallest absolute Gasteiger partial charge is 0.472 e. The molecule has 0 saturated carbocycles. The Bertz CT molecular complexity index is 5850. The van der Waals surface area contributed by atoms with E-state index in [0.29, 0.717) is 218 Å². The van der Waals surface area contributed by atoms with Crippen molar-refractivity contribution in [2.45, 2.75) is 267 Å². The average molecular weight is 2040 g/mol. The summed E-state index contributed by atoms with van der Waals surface area (Å²) in [5.41, 5.74) is -0.392. The Morgan fingerprint density at radius 1 is 0.312 bits per heavy atom. The van der Waals surface area contributed by atoms with E-state index in [1.54, 1.807) is 180 Å². The van der Waals surface area contributed by atoms with Crippen LogP contribution >= 0.6 is 23.5 Å². The number of rotatable bonds is 27. The van der Waals surface area contributed by atoms with Crippen LogP contribution in [0, 0.1) is 53.7 Å². The van der Waals surface area contributed by atoms with Gasteiger partial charge in [-0.15, -0.1) is 0 Å². The van der Waals surface area contributed by atoms with Crippen molar-refractivity contribution in [2.24, 2.45) is 0 Å². The fourth-order valence-corrected chi connectivity index (χ4v) is 24.7. The minimum absolute atomic E-state index is 0.0261. The predicted molar refractivity (Wildman–Crippen MR) is 513 cm³/mol. The maximum Gasteiger partial charge on any atom is 0.472 e. The molecule has 144 heavy (non-hydrogen) atoms. The molecule has 6 aromatic rings. The van der Waals surface area contributed by atoms with E-state index in [-0.39, 0.29) is 75.1 Å². The predicted octanol–water partition coefficient (Wildman–Crippen LogP) is 16.1.